The van der Waals surface area contributed by atoms with Gasteiger partial charge in [-0.1, -0.05) is 20.4 Å². The smallest absolute Gasteiger partial charge is 0.412 e. The molecule has 62 valence electrons. The van der Waals surface area contributed by atoms with Crippen LogP contribution in [-0.2, 0) is 9.45 Å². The molecule has 0 aromatic heterocycles. The predicted molar refractivity (Wildman–Crippen MR) is 50.8 cm³/mol. The molecular formula is C7H13BO2S. The van der Waals surface area contributed by atoms with E-state index in [9.17, 15) is 4.79 Å². The summed E-state index contributed by atoms with van der Waals surface area (Å²) in [6.45, 7) is 7.93. The van der Waals surface area contributed by atoms with Crippen LogP contribution in [0.2, 0.25) is 0 Å². The van der Waals surface area contributed by atoms with Crippen molar-refractivity contribution >= 4 is 24.3 Å². The summed E-state index contributed by atoms with van der Waals surface area (Å²) in [5.41, 5.74) is 0. The van der Waals surface area contributed by atoms with Crippen molar-refractivity contribution in [3.05, 3.63) is 12.7 Å². The Labute approximate surface area is 72.6 Å². The molecule has 0 aliphatic rings. The summed E-state index contributed by atoms with van der Waals surface area (Å²) in [7, 11) is 0. The zero-order chi connectivity index (χ0) is 8.69. The molecule has 1 unspecified atom stereocenters. The monoisotopic (exact) mass is 172 g/mol. The number of rotatable bonds is 5. The summed E-state index contributed by atoms with van der Waals surface area (Å²) < 4.78 is 4.77. The topological polar surface area (TPSA) is 26.3 Å². The first-order chi connectivity index (χ1) is 5.20. The normalized spacial score (nSPS) is 11.8. The molecule has 0 aromatic rings. The molecule has 0 saturated heterocycles. The van der Waals surface area contributed by atoms with Crippen LogP contribution in [0, 0.1) is 0 Å². The van der Waals surface area contributed by atoms with E-state index in [1.54, 1.807) is 11.6 Å². The van der Waals surface area contributed by atoms with E-state index in [-0.39, 0.29) is 5.97 Å². The van der Waals surface area contributed by atoms with E-state index in [0.717, 1.165) is 6.42 Å². The SMILES string of the molecule is C=CC(=O)OBSC(C)CC. The average Bonchev–Trinajstić information content (AvgIpc) is 2.04. The van der Waals surface area contributed by atoms with Gasteiger partial charge < -0.3 is 4.65 Å². The van der Waals surface area contributed by atoms with Gasteiger partial charge in [0, 0.05) is 6.08 Å². The average molecular weight is 172 g/mol. The van der Waals surface area contributed by atoms with E-state index in [2.05, 4.69) is 20.4 Å². The Balaban J connectivity index is 3.26. The highest BCUT2D eigenvalue weighted by Gasteiger charge is 2.03. The van der Waals surface area contributed by atoms with Gasteiger partial charge in [-0.25, -0.2) is 4.79 Å². The minimum Gasteiger partial charge on any atom is -0.525 e. The number of carbonyl (C=O) groups excluding carboxylic acids is 1. The van der Waals surface area contributed by atoms with Gasteiger partial charge in [-0.15, -0.1) is 0 Å². The summed E-state index contributed by atoms with van der Waals surface area (Å²) >= 11 is 1.63. The van der Waals surface area contributed by atoms with Gasteiger partial charge in [-0.3, -0.25) is 0 Å². The molecule has 0 aromatic carbocycles. The molecule has 0 aliphatic carbocycles. The highest BCUT2D eigenvalue weighted by Crippen LogP contribution is 2.11. The summed E-state index contributed by atoms with van der Waals surface area (Å²) in [6.07, 6.45) is 2.27. The lowest BCUT2D eigenvalue weighted by Gasteiger charge is -2.05. The van der Waals surface area contributed by atoms with Gasteiger partial charge in [0.15, 0.2) is 0 Å². The van der Waals surface area contributed by atoms with Gasteiger partial charge in [0.05, 0.1) is 0 Å². The van der Waals surface area contributed by atoms with E-state index >= 15 is 0 Å². The summed E-state index contributed by atoms with van der Waals surface area (Å²) in [5, 5.41) is 0.549. The summed E-state index contributed by atoms with van der Waals surface area (Å²) in [6, 6.07) is 0. The molecule has 0 bridgehead atoms. The molecule has 0 amide bonds. The van der Waals surface area contributed by atoms with Gasteiger partial charge in [0.2, 0.25) is 0 Å². The molecule has 0 heterocycles. The van der Waals surface area contributed by atoms with Crippen LogP contribution < -0.4 is 0 Å². The molecule has 4 heteroatoms. The molecule has 0 rings (SSSR count). The molecular weight excluding hydrogens is 159 g/mol. The first-order valence-corrected chi connectivity index (χ1v) is 4.66. The van der Waals surface area contributed by atoms with Crippen LogP contribution in [-0.4, -0.2) is 18.0 Å². The molecule has 1 atom stereocenters. The standard InChI is InChI=1S/C7H13BO2S/c1-4-6(3)11-8-10-7(9)5-2/h5-6,8H,2,4H2,1,3H3. The van der Waals surface area contributed by atoms with Gasteiger partial charge in [-0.2, -0.15) is 11.6 Å². The van der Waals surface area contributed by atoms with Gasteiger partial charge in [-0.05, 0) is 11.7 Å². The van der Waals surface area contributed by atoms with Crippen LogP contribution in [0.15, 0.2) is 12.7 Å². The highest BCUT2D eigenvalue weighted by atomic mass is 32.2. The summed E-state index contributed by atoms with van der Waals surface area (Å²) in [4.78, 5) is 10.5. The first kappa shape index (κ1) is 10.6. The van der Waals surface area contributed by atoms with Crippen molar-refractivity contribution in [1.29, 1.82) is 0 Å². The minimum absolute atomic E-state index is 0.346. The Morgan fingerprint density at radius 3 is 3.00 bits per heavy atom. The number of hydrogen-bond donors (Lipinski definition) is 0. The predicted octanol–water partition coefficient (Wildman–Crippen LogP) is 1.51. The van der Waals surface area contributed by atoms with Gasteiger partial charge in [0.25, 0.3) is 0 Å². The van der Waals surface area contributed by atoms with Crippen LogP contribution in [0.1, 0.15) is 20.3 Å². The molecule has 0 radical (unpaired) electrons. The fourth-order valence-corrected chi connectivity index (χ4v) is 1.04. The van der Waals surface area contributed by atoms with Crippen LogP contribution >= 0.6 is 11.6 Å². The molecule has 0 fully saturated rings. The molecule has 0 spiro atoms. The second-order valence-corrected chi connectivity index (χ2v) is 3.54. The quantitative estimate of drug-likeness (QED) is 0.464. The van der Waals surface area contributed by atoms with E-state index in [0.29, 0.717) is 12.0 Å². The fraction of sp³-hybridized carbons (Fsp3) is 0.571. The van der Waals surface area contributed by atoms with Crippen LogP contribution in [0.4, 0.5) is 0 Å². The Hall–Kier alpha value is -0.375. The Bertz CT molecular complexity index is 138. The first-order valence-electron chi connectivity index (χ1n) is 3.61. The van der Waals surface area contributed by atoms with E-state index in [4.69, 9.17) is 4.65 Å². The number of hydrogen-bond acceptors (Lipinski definition) is 3. The lowest BCUT2D eigenvalue weighted by atomic mass is 10.4. The lowest BCUT2D eigenvalue weighted by Crippen LogP contribution is -2.05. The molecule has 0 saturated carbocycles. The van der Waals surface area contributed by atoms with Crippen LogP contribution in [0.3, 0.4) is 0 Å². The maximum absolute atomic E-state index is 10.5. The summed E-state index contributed by atoms with van der Waals surface area (Å²) in [5.74, 6) is -0.346. The minimum atomic E-state index is -0.346. The molecule has 0 aliphatic heterocycles. The van der Waals surface area contributed by atoms with Crippen LogP contribution in [0.5, 0.6) is 0 Å². The Kier molecular flexibility index (Phi) is 6.13. The Morgan fingerprint density at radius 2 is 2.55 bits per heavy atom. The molecule has 11 heavy (non-hydrogen) atoms. The second-order valence-electron chi connectivity index (χ2n) is 2.17. The van der Waals surface area contributed by atoms with Crippen molar-refractivity contribution in [1.82, 2.24) is 0 Å². The molecule has 2 nitrogen and oxygen atoms in total. The fourth-order valence-electron chi connectivity index (χ4n) is 0.385. The van der Waals surface area contributed by atoms with Crippen LogP contribution in [0.25, 0.3) is 0 Å². The van der Waals surface area contributed by atoms with Gasteiger partial charge in [0.1, 0.15) is 0 Å². The van der Waals surface area contributed by atoms with Crippen molar-refractivity contribution in [3.8, 4) is 0 Å². The van der Waals surface area contributed by atoms with Crippen molar-refractivity contribution in [2.24, 2.45) is 0 Å². The van der Waals surface area contributed by atoms with E-state index in [1.165, 1.54) is 6.08 Å². The maximum atomic E-state index is 10.5. The van der Waals surface area contributed by atoms with Crippen molar-refractivity contribution < 1.29 is 9.45 Å². The highest BCUT2D eigenvalue weighted by molar-refractivity contribution is 8.22. The van der Waals surface area contributed by atoms with E-state index in [1.807, 2.05) is 0 Å². The lowest BCUT2D eigenvalue weighted by molar-refractivity contribution is -0.128. The van der Waals surface area contributed by atoms with E-state index < -0.39 is 0 Å². The third-order valence-electron chi connectivity index (χ3n) is 1.30. The number of carbonyl (C=O) groups is 1. The van der Waals surface area contributed by atoms with Crippen molar-refractivity contribution in [3.63, 3.8) is 0 Å². The molecule has 0 N–H and O–H groups in total. The van der Waals surface area contributed by atoms with Crippen molar-refractivity contribution in [2.75, 3.05) is 0 Å². The van der Waals surface area contributed by atoms with Gasteiger partial charge >= 0.3 is 12.7 Å². The zero-order valence-electron chi connectivity index (χ0n) is 7.00. The Morgan fingerprint density at radius 1 is 1.91 bits per heavy atom. The third kappa shape index (κ3) is 6.04. The van der Waals surface area contributed by atoms with Crippen molar-refractivity contribution in [2.45, 2.75) is 25.5 Å². The second kappa shape index (κ2) is 6.34. The largest absolute Gasteiger partial charge is 0.525 e. The zero-order valence-corrected chi connectivity index (χ0v) is 7.82. The maximum Gasteiger partial charge on any atom is 0.412 e. The third-order valence-corrected chi connectivity index (χ3v) is 2.45.